The fourth-order valence-electron chi connectivity index (χ4n) is 1.50. The van der Waals surface area contributed by atoms with E-state index < -0.39 is 0 Å². The van der Waals surface area contributed by atoms with E-state index in [1.54, 1.807) is 0 Å². The molecule has 0 spiro atoms. The van der Waals surface area contributed by atoms with Crippen molar-refractivity contribution in [3.8, 4) is 17.2 Å². The van der Waals surface area contributed by atoms with E-state index >= 15 is 0 Å². The molecule has 0 aromatic heterocycles. The highest BCUT2D eigenvalue weighted by atomic mass is 14.5. The average Bonchev–Trinajstić information content (AvgIpc) is 2.30. The average molecular weight is 194 g/mol. The highest BCUT2D eigenvalue weighted by Gasteiger charge is 2.02. The lowest BCUT2D eigenvalue weighted by Crippen LogP contribution is -1.86. The van der Waals surface area contributed by atoms with Crippen LogP contribution in [0.25, 0.3) is 11.1 Å². The quantitative estimate of drug-likeness (QED) is 0.709. The van der Waals surface area contributed by atoms with Crippen LogP contribution in [0.1, 0.15) is 5.56 Å². The molecule has 0 aliphatic heterocycles. The molecule has 0 aliphatic carbocycles. The minimum absolute atomic E-state index is 0.683. The van der Waals surface area contributed by atoms with Crippen LogP contribution in [0.5, 0.6) is 0 Å². The third-order valence-electron chi connectivity index (χ3n) is 2.27. The maximum absolute atomic E-state index is 8.96. The van der Waals surface area contributed by atoms with Gasteiger partial charge >= 0.3 is 0 Å². The highest BCUT2D eigenvalue weighted by Crippen LogP contribution is 2.23. The molecule has 15 heavy (non-hydrogen) atoms. The summed E-state index contributed by atoms with van der Waals surface area (Å²) in [4.78, 5) is 0. The molecule has 2 heteroatoms. The number of rotatable bonds is 1. The zero-order valence-corrected chi connectivity index (χ0v) is 8.14. The van der Waals surface area contributed by atoms with Crippen LogP contribution in [0.15, 0.2) is 48.5 Å². The van der Waals surface area contributed by atoms with Crippen molar-refractivity contribution in [2.75, 3.05) is 5.73 Å². The van der Waals surface area contributed by atoms with E-state index in [0.717, 1.165) is 16.8 Å². The number of benzene rings is 2. The van der Waals surface area contributed by atoms with Gasteiger partial charge in [0.15, 0.2) is 0 Å². The lowest BCUT2D eigenvalue weighted by atomic mass is 10.0. The predicted molar refractivity (Wildman–Crippen MR) is 61.0 cm³/mol. The Bertz CT molecular complexity index is 507. The zero-order valence-electron chi connectivity index (χ0n) is 8.14. The number of hydrogen-bond donors (Lipinski definition) is 1. The maximum atomic E-state index is 8.96. The van der Waals surface area contributed by atoms with Gasteiger partial charge in [-0.2, -0.15) is 5.26 Å². The van der Waals surface area contributed by atoms with E-state index in [-0.39, 0.29) is 0 Å². The van der Waals surface area contributed by atoms with E-state index in [2.05, 4.69) is 6.07 Å². The third-order valence-corrected chi connectivity index (χ3v) is 2.27. The lowest BCUT2D eigenvalue weighted by molar-refractivity contribution is 1.48. The number of nitrogens with zero attached hydrogens (tertiary/aromatic N) is 1. The SMILES string of the molecule is N#Cc1ccccc1-c1ccc(N)cc1. The van der Waals surface area contributed by atoms with Gasteiger partial charge in [-0.1, -0.05) is 30.3 Å². The predicted octanol–water partition coefficient (Wildman–Crippen LogP) is 2.81. The van der Waals surface area contributed by atoms with Crippen LogP contribution in [0.2, 0.25) is 0 Å². The summed E-state index contributed by atoms with van der Waals surface area (Å²) in [6.45, 7) is 0. The van der Waals surface area contributed by atoms with Crippen molar-refractivity contribution < 1.29 is 0 Å². The Morgan fingerprint density at radius 1 is 0.933 bits per heavy atom. The minimum Gasteiger partial charge on any atom is -0.399 e. The summed E-state index contributed by atoms with van der Waals surface area (Å²) in [5, 5.41) is 8.96. The number of anilines is 1. The lowest BCUT2D eigenvalue weighted by Gasteiger charge is -2.03. The van der Waals surface area contributed by atoms with E-state index in [1.807, 2.05) is 48.5 Å². The van der Waals surface area contributed by atoms with Gasteiger partial charge in [-0.15, -0.1) is 0 Å². The molecule has 0 fully saturated rings. The van der Waals surface area contributed by atoms with E-state index in [9.17, 15) is 0 Å². The molecule has 0 saturated carbocycles. The number of hydrogen-bond acceptors (Lipinski definition) is 2. The molecule has 72 valence electrons. The van der Waals surface area contributed by atoms with Crippen LogP contribution in [0.4, 0.5) is 5.69 Å². The first-order valence-electron chi connectivity index (χ1n) is 4.66. The normalized spacial score (nSPS) is 9.53. The molecule has 2 N–H and O–H groups in total. The zero-order chi connectivity index (χ0) is 10.7. The molecule has 0 saturated heterocycles. The van der Waals surface area contributed by atoms with Crippen molar-refractivity contribution in [3.05, 3.63) is 54.1 Å². The topological polar surface area (TPSA) is 49.8 Å². The fourth-order valence-corrected chi connectivity index (χ4v) is 1.50. The molecule has 0 atom stereocenters. The van der Waals surface area contributed by atoms with Gasteiger partial charge < -0.3 is 5.73 Å². The van der Waals surface area contributed by atoms with Crippen LogP contribution in [0, 0.1) is 11.3 Å². The van der Waals surface area contributed by atoms with Crippen molar-refractivity contribution >= 4 is 5.69 Å². The summed E-state index contributed by atoms with van der Waals surface area (Å²) < 4.78 is 0. The van der Waals surface area contributed by atoms with Crippen LogP contribution >= 0.6 is 0 Å². The van der Waals surface area contributed by atoms with Crippen LogP contribution in [0.3, 0.4) is 0 Å². The molecule has 2 aromatic carbocycles. The van der Waals surface area contributed by atoms with Gasteiger partial charge in [0.1, 0.15) is 0 Å². The standard InChI is InChI=1S/C13H10N2/c14-9-11-3-1-2-4-13(11)10-5-7-12(15)8-6-10/h1-8H,15H2. The molecule has 2 nitrogen and oxygen atoms in total. The smallest absolute Gasteiger partial charge is 0.0998 e. The molecular formula is C13H10N2. The number of nitrogen functional groups attached to an aromatic ring is 1. The van der Waals surface area contributed by atoms with Gasteiger partial charge in [-0.25, -0.2) is 0 Å². The second-order valence-electron chi connectivity index (χ2n) is 3.28. The summed E-state index contributed by atoms with van der Waals surface area (Å²) >= 11 is 0. The largest absolute Gasteiger partial charge is 0.399 e. The molecule has 0 bridgehead atoms. The van der Waals surface area contributed by atoms with E-state index in [4.69, 9.17) is 11.0 Å². The van der Waals surface area contributed by atoms with Crippen LogP contribution in [-0.4, -0.2) is 0 Å². The minimum atomic E-state index is 0.683. The van der Waals surface area contributed by atoms with Crippen molar-refractivity contribution in [2.45, 2.75) is 0 Å². The molecule has 0 unspecified atom stereocenters. The van der Waals surface area contributed by atoms with Gasteiger partial charge in [0.05, 0.1) is 11.6 Å². The first-order valence-corrected chi connectivity index (χ1v) is 4.66. The summed E-state index contributed by atoms with van der Waals surface area (Å²) in [5.41, 5.74) is 8.98. The molecule has 2 rings (SSSR count). The molecule has 0 heterocycles. The fraction of sp³-hybridized carbons (Fsp3) is 0. The van der Waals surface area contributed by atoms with Gasteiger partial charge in [0.2, 0.25) is 0 Å². The van der Waals surface area contributed by atoms with Crippen molar-refractivity contribution in [2.24, 2.45) is 0 Å². The van der Waals surface area contributed by atoms with Gasteiger partial charge in [0.25, 0.3) is 0 Å². The summed E-state index contributed by atoms with van der Waals surface area (Å²) in [6.07, 6.45) is 0. The second-order valence-corrected chi connectivity index (χ2v) is 3.28. The monoisotopic (exact) mass is 194 g/mol. The van der Waals surface area contributed by atoms with E-state index in [0.29, 0.717) is 5.56 Å². The van der Waals surface area contributed by atoms with Gasteiger partial charge in [-0.05, 0) is 29.3 Å². The number of nitriles is 1. The van der Waals surface area contributed by atoms with Crippen molar-refractivity contribution in [3.63, 3.8) is 0 Å². The number of nitrogens with two attached hydrogens (primary N) is 1. The first kappa shape index (κ1) is 9.29. The molecule has 0 aliphatic rings. The Labute approximate surface area is 88.6 Å². The molecular weight excluding hydrogens is 184 g/mol. The Hall–Kier alpha value is -2.27. The Kier molecular flexibility index (Phi) is 2.38. The Balaban J connectivity index is 2.55. The van der Waals surface area contributed by atoms with Crippen LogP contribution < -0.4 is 5.73 Å². The first-order chi connectivity index (χ1) is 7.31. The summed E-state index contributed by atoms with van der Waals surface area (Å²) in [5.74, 6) is 0. The Morgan fingerprint density at radius 3 is 2.27 bits per heavy atom. The van der Waals surface area contributed by atoms with E-state index in [1.165, 1.54) is 0 Å². The van der Waals surface area contributed by atoms with Gasteiger partial charge in [-0.3, -0.25) is 0 Å². The molecule has 2 aromatic rings. The summed E-state index contributed by atoms with van der Waals surface area (Å²) in [6, 6.07) is 17.2. The maximum Gasteiger partial charge on any atom is 0.0998 e. The van der Waals surface area contributed by atoms with Crippen molar-refractivity contribution in [1.82, 2.24) is 0 Å². The van der Waals surface area contributed by atoms with Gasteiger partial charge in [0, 0.05) is 5.69 Å². The second kappa shape index (κ2) is 3.85. The third kappa shape index (κ3) is 1.82. The van der Waals surface area contributed by atoms with Crippen LogP contribution in [-0.2, 0) is 0 Å². The highest BCUT2D eigenvalue weighted by molar-refractivity contribution is 5.71. The molecule has 0 radical (unpaired) electrons. The molecule has 0 amide bonds. The Morgan fingerprint density at radius 2 is 1.60 bits per heavy atom. The van der Waals surface area contributed by atoms with Crippen molar-refractivity contribution in [1.29, 1.82) is 5.26 Å². The summed E-state index contributed by atoms with van der Waals surface area (Å²) in [7, 11) is 0.